The molecular formula is C7H14LrN2-2. The van der Waals surface area contributed by atoms with Crippen molar-refractivity contribution in [1.29, 1.82) is 0 Å². The molecule has 2 bridgehead atoms. The smallest absolute Gasteiger partial charge is 0.00859 e. The van der Waals surface area contributed by atoms with E-state index in [9.17, 15) is 0 Å². The molecule has 2 saturated heterocycles. The molecule has 2 aliphatic rings. The Bertz CT molecular complexity index is 87.8. The van der Waals surface area contributed by atoms with E-state index in [1.165, 1.54) is 0 Å². The predicted octanol–water partition coefficient (Wildman–Crippen LogP) is -0.169. The van der Waals surface area contributed by atoms with Crippen LogP contribution in [0.4, 0.5) is 0 Å². The molecule has 2 unspecified atom stereocenters. The predicted molar refractivity (Wildman–Crippen MR) is 38.8 cm³/mol. The van der Waals surface area contributed by atoms with Gasteiger partial charge >= 0.3 is 0 Å². The number of piperazine rings is 1. The van der Waals surface area contributed by atoms with Gasteiger partial charge in [-0.3, -0.25) is 0 Å². The summed E-state index contributed by atoms with van der Waals surface area (Å²) in [4.78, 5) is 0. The van der Waals surface area contributed by atoms with Gasteiger partial charge in [0, 0.05) is 13.1 Å². The Labute approximate surface area is 57.0 Å². The fourth-order valence-corrected chi connectivity index (χ4v) is 1.59. The summed E-state index contributed by atoms with van der Waals surface area (Å²) in [5, 5.41) is 6.76. The molecule has 2 heterocycles. The molecule has 2 atom stereocenters. The Morgan fingerprint density at radius 3 is 1.60 bits per heavy atom. The zero-order valence-electron chi connectivity index (χ0n) is 6.11. The molecule has 0 aromatic carbocycles. The molecule has 1 radical (unpaired) electrons. The number of fused-ring (bicyclic) bond motifs is 2. The summed E-state index contributed by atoms with van der Waals surface area (Å²) in [6.07, 6.45) is 0. The Hall–Kier alpha value is -1.08. The summed E-state index contributed by atoms with van der Waals surface area (Å²) >= 11 is 0. The Kier molecular flexibility index (Phi) is 2.38. The van der Waals surface area contributed by atoms with Gasteiger partial charge in [-0.15, -0.1) is 5.92 Å². The van der Waals surface area contributed by atoms with Crippen molar-refractivity contribution in [3.63, 3.8) is 0 Å². The summed E-state index contributed by atoms with van der Waals surface area (Å²) in [7, 11) is 0. The van der Waals surface area contributed by atoms with Gasteiger partial charge in [0.15, 0.2) is 0 Å². The molecule has 2 aliphatic heterocycles. The van der Waals surface area contributed by atoms with Crippen molar-refractivity contribution < 1.29 is 0 Å². The minimum Gasteiger partial charge on any atom is -0.358 e. The fraction of sp³-hybridized carbons (Fsp3) is 0.714. The third-order valence-electron chi connectivity index (χ3n) is 2.23. The van der Waals surface area contributed by atoms with Crippen LogP contribution in [0.2, 0.25) is 0 Å². The normalized spacial score (nSPS) is 42.3. The van der Waals surface area contributed by atoms with Crippen LogP contribution in [0, 0.1) is 20.3 Å². The monoisotopic (exact) mass is 388 g/mol. The second-order valence-electron chi connectivity index (χ2n) is 2.69. The van der Waals surface area contributed by atoms with Crippen LogP contribution in [0.3, 0.4) is 0 Å². The first-order valence-electron chi connectivity index (χ1n) is 3.18. The Morgan fingerprint density at radius 1 is 1.10 bits per heavy atom. The molecule has 0 aromatic rings. The van der Waals surface area contributed by atoms with Crippen molar-refractivity contribution in [3.8, 4) is 0 Å². The third-order valence-corrected chi connectivity index (χ3v) is 2.23. The standard InChI is InChI=1S/C6H11N2.CH3.Lr/c1-4-5-2-7-6(4)3-8-5;;/h4-8H,1-3H2;1H3;/q2*-1;. The zero-order valence-corrected chi connectivity index (χ0v) is 8.26. The van der Waals surface area contributed by atoms with Crippen LogP contribution in [0.1, 0.15) is 0 Å². The van der Waals surface area contributed by atoms with Gasteiger partial charge in [-0.05, 0) is 12.1 Å². The Morgan fingerprint density at radius 2 is 1.50 bits per heavy atom. The molecule has 2 fully saturated rings. The van der Waals surface area contributed by atoms with E-state index in [4.69, 9.17) is 0 Å². The molecule has 0 amide bonds. The maximum atomic E-state index is 4.04. The van der Waals surface area contributed by atoms with Crippen molar-refractivity contribution in [2.75, 3.05) is 13.1 Å². The fourth-order valence-electron chi connectivity index (χ4n) is 1.59. The first kappa shape index (κ1) is 8.92. The summed E-state index contributed by atoms with van der Waals surface area (Å²) in [6, 6.07) is 1.33. The van der Waals surface area contributed by atoms with Crippen LogP contribution in [0.25, 0.3) is 0 Å². The first-order chi connectivity index (χ1) is 3.88. The summed E-state index contributed by atoms with van der Waals surface area (Å²) < 4.78 is 0. The summed E-state index contributed by atoms with van der Waals surface area (Å²) in [5.41, 5.74) is 0. The Balaban J connectivity index is 0.000000405. The van der Waals surface area contributed by atoms with E-state index < -0.39 is 0 Å². The van der Waals surface area contributed by atoms with E-state index in [0.717, 1.165) is 13.1 Å². The topological polar surface area (TPSA) is 24.1 Å². The zero-order chi connectivity index (χ0) is 5.56. The van der Waals surface area contributed by atoms with E-state index in [2.05, 4.69) is 17.6 Å². The van der Waals surface area contributed by atoms with Gasteiger partial charge < -0.3 is 25.0 Å². The molecule has 2 N–H and O–H groups in total. The van der Waals surface area contributed by atoms with Crippen LogP contribution in [-0.2, 0) is 0 Å². The van der Waals surface area contributed by atoms with Crippen molar-refractivity contribution in [1.82, 2.24) is 10.6 Å². The number of hydrogen-bond donors (Lipinski definition) is 2. The molecule has 0 saturated carbocycles. The van der Waals surface area contributed by atoms with Crippen LogP contribution >= 0.6 is 0 Å². The molecule has 0 aromatic heterocycles. The summed E-state index contributed by atoms with van der Waals surface area (Å²) in [5.74, 6) is 0.620. The van der Waals surface area contributed by atoms with E-state index in [-0.39, 0.29) is 7.43 Å². The van der Waals surface area contributed by atoms with Crippen LogP contribution in [0.15, 0.2) is 0 Å². The molecule has 2 nitrogen and oxygen atoms in total. The molecule has 2 rings (SSSR count). The second kappa shape index (κ2) is 2.67. The average molecular weight is 388 g/mol. The van der Waals surface area contributed by atoms with Crippen LogP contribution in [-0.4, -0.2) is 25.2 Å². The maximum absolute atomic E-state index is 4.04. The van der Waals surface area contributed by atoms with Gasteiger partial charge in [0.05, 0.1) is 0 Å². The van der Waals surface area contributed by atoms with E-state index in [1.807, 2.05) is 0 Å². The third kappa shape index (κ3) is 0.847. The quantitative estimate of drug-likeness (QED) is 0.564. The molecule has 0 aliphatic carbocycles. The van der Waals surface area contributed by atoms with Gasteiger partial charge in [-0.25, -0.2) is 0 Å². The van der Waals surface area contributed by atoms with Crippen LogP contribution < -0.4 is 10.6 Å². The molecule has 10 heavy (non-hydrogen) atoms. The van der Waals surface area contributed by atoms with Gasteiger partial charge in [0.25, 0.3) is 0 Å². The largest absolute Gasteiger partial charge is 0.358 e. The van der Waals surface area contributed by atoms with Crippen LogP contribution in [0.5, 0.6) is 0 Å². The maximum Gasteiger partial charge on any atom is 0.00859 e. The van der Waals surface area contributed by atoms with Gasteiger partial charge in [0.1, 0.15) is 0 Å². The molecule has 69 valence electrons. The molecular weight excluding hydrogens is 374 g/mol. The van der Waals surface area contributed by atoms with E-state index in [0.29, 0.717) is 18.0 Å². The van der Waals surface area contributed by atoms with Gasteiger partial charge in [-0.1, -0.05) is 0 Å². The minimum atomic E-state index is 0. The first-order valence-corrected chi connectivity index (χ1v) is 3.18. The van der Waals surface area contributed by atoms with Crippen molar-refractivity contribution in [2.24, 2.45) is 5.92 Å². The molecule has 0 spiro atoms. The molecule has 3 heteroatoms. The number of hydrogen-bond acceptors (Lipinski definition) is 2. The van der Waals surface area contributed by atoms with Gasteiger partial charge in [-0.2, -0.15) is 0 Å². The number of rotatable bonds is 0. The average Bonchev–Trinajstić information content (AvgIpc) is 2.29. The second-order valence-corrected chi connectivity index (χ2v) is 2.69. The van der Waals surface area contributed by atoms with Crippen molar-refractivity contribution >= 4 is 0 Å². The van der Waals surface area contributed by atoms with Gasteiger partial charge in [0.2, 0.25) is 0 Å². The van der Waals surface area contributed by atoms with Crippen molar-refractivity contribution in [3.05, 3.63) is 14.4 Å². The SMILES string of the molecule is [CH2-]C1C2CNC1CN2.[CH3-].[Lr]. The minimum absolute atomic E-state index is 0. The van der Waals surface area contributed by atoms with E-state index >= 15 is 0 Å². The van der Waals surface area contributed by atoms with Crippen molar-refractivity contribution in [2.45, 2.75) is 12.1 Å². The summed E-state index contributed by atoms with van der Waals surface area (Å²) in [6.45, 7) is 6.28. The van der Waals surface area contributed by atoms with E-state index in [1.54, 1.807) is 0 Å². The number of nitrogens with one attached hydrogen (secondary N) is 2.